The highest BCUT2D eigenvalue weighted by Crippen LogP contribution is 2.21. The molecule has 1 unspecified atom stereocenters. The SMILES string of the molecule is CCS(=O)CCNCc1cc(Br)cc([N+](=O)[O-])c1. The normalized spacial score (nSPS) is 12.3. The first-order chi connectivity index (χ1) is 8.52. The highest BCUT2D eigenvalue weighted by atomic mass is 79.9. The van der Waals surface area contributed by atoms with Gasteiger partial charge in [0.15, 0.2) is 0 Å². The van der Waals surface area contributed by atoms with Gasteiger partial charge in [0.1, 0.15) is 0 Å². The molecule has 0 aliphatic heterocycles. The number of nitrogens with one attached hydrogen (secondary N) is 1. The van der Waals surface area contributed by atoms with E-state index < -0.39 is 15.7 Å². The molecular weight excluding hydrogens is 320 g/mol. The molecule has 0 heterocycles. The Labute approximate surface area is 117 Å². The molecular formula is C11H15BrN2O3S. The number of non-ortho nitro benzene ring substituents is 1. The van der Waals surface area contributed by atoms with Gasteiger partial charge in [-0.25, -0.2) is 0 Å². The van der Waals surface area contributed by atoms with Gasteiger partial charge in [-0.2, -0.15) is 0 Å². The van der Waals surface area contributed by atoms with E-state index in [1.54, 1.807) is 0 Å². The zero-order valence-corrected chi connectivity index (χ0v) is 12.4. The van der Waals surface area contributed by atoms with Gasteiger partial charge < -0.3 is 5.32 Å². The third-order valence-electron chi connectivity index (χ3n) is 2.31. The average Bonchev–Trinajstić information content (AvgIpc) is 2.33. The van der Waals surface area contributed by atoms with Crippen LogP contribution in [0.15, 0.2) is 22.7 Å². The minimum absolute atomic E-state index is 0.0679. The number of hydrogen-bond donors (Lipinski definition) is 1. The van der Waals surface area contributed by atoms with E-state index in [9.17, 15) is 14.3 Å². The molecule has 5 nitrogen and oxygen atoms in total. The second-order valence-corrected chi connectivity index (χ2v) is 6.47. The molecule has 0 bridgehead atoms. The fourth-order valence-corrected chi connectivity index (χ4v) is 2.59. The van der Waals surface area contributed by atoms with Crippen LogP contribution in [0.4, 0.5) is 5.69 Å². The fraction of sp³-hybridized carbons (Fsp3) is 0.455. The minimum atomic E-state index is -0.781. The average molecular weight is 335 g/mol. The molecule has 18 heavy (non-hydrogen) atoms. The van der Waals surface area contributed by atoms with E-state index in [-0.39, 0.29) is 5.69 Å². The highest BCUT2D eigenvalue weighted by molar-refractivity contribution is 9.10. The standard InChI is InChI=1S/C11H15BrN2O3S/c1-2-18(17)4-3-13-8-9-5-10(12)7-11(6-9)14(15)16/h5-7,13H,2-4,8H2,1H3. The van der Waals surface area contributed by atoms with Crippen LogP contribution in [-0.2, 0) is 17.3 Å². The van der Waals surface area contributed by atoms with E-state index in [1.165, 1.54) is 12.1 Å². The number of nitro benzene ring substituents is 1. The highest BCUT2D eigenvalue weighted by Gasteiger charge is 2.08. The lowest BCUT2D eigenvalue weighted by molar-refractivity contribution is -0.385. The van der Waals surface area contributed by atoms with Gasteiger partial charge in [0.05, 0.1) is 4.92 Å². The second-order valence-electron chi connectivity index (χ2n) is 3.68. The first kappa shape index (κ1) is 15.3. The molecule has 1 atom stereocenters. The Balaban J connectivity index is 2.52. The molecule has 0 aromatic heterocycles. The maximum absolute atomic E-state index is 11.2. The molecule has 0 amide bonds. The Bertz CT molecular complexity index is 454. The van der Waals surface area contributed by atoms with Crippen molar-refractivity contribution in [1.29, 1.82) is 0 Å². The van der Waals surface area contributed by atoms with Crippen LogP contribution in [0.2, 0.25) is 0 Å². The van der Waals surface area contributed by atoms with Crippen molar-refractivity contribution in [1.82, 2.24) is 5.32 Å². The first-order valence-electron chi connectivity index (χ1n) is 5.52. The van der Waals surface area contributed by atoms with Crippen molar-refractivity contribution in [3.8, 4) is 0 Å². The van der Waals surface area contributed by atoms with Crippen LogP contribution in [-0.4, -0.2) is 27.2 Å². The van der Waals surface area contributed by atoms with Crippen LogP contribution in [0.25, 0.3) is 0 Å². The van der Waals surface area contributed by atoms with Crippen molar-refractivity contribution in [2.75, 3.05) is 18.1 Å². The Kier molecular flexibility index (Phi) is 6.45. The molecule has 0 radical (unpaired) electrons. The maximum atomic E-state index is 11.2. The van der Waals surface area contributed by atoms with Gasteiger partial charge in [0.25, 0.3) is 5.69 Å². The summed E-state index contributed by atoms with van der Waals surface area (Å²) in [6, 6.07) is 4.83. The van der Waals surface area contributed by atoms with Crippen molar-refractivity contribution in [3.05, 3.63) is 38.3 Å². The summed E-state index contributed by atoms with van der Waals surface area (Å²) >= 11 is 3.24. The zero-order valence-electron chi connectivity index (χ0n) is 10.0. The number of nitrogens with zero attached hydrogens (tertiary/aromatic N) is 1. The fourth-order valence-electron chi connectivity index (χ4n) is 1.40. The zero-order chi connectivity index (χ0) is 13.5. The summed E-state index contributed by atoms with van der Waals surface area (Å²) in [4.78, 5) is 10.3. The number of benzene rings is 1. The van der Waals surface area contributed by atoms with Gasteiger partial charge in [-0.05, 0) is 11.6 Å². The molecule has 100 valence electrons. The van der Waals surface area contributed by atoms with Gasteiger partial charge in [0, 0.05) is 52.0 Å². The third kappa shape index (κ3) is 5.24. The Hall–Kier alpha value is -0.790. The van der Waals surface area contributed by atoms with E-state index in [4.69, 9.17) is 0 Å². The van der Waals surface area contributed by atoms with Gasteiger partial charge in [-0.1, -0.05) is 22.9 Å². The number of nitro groups is 1. The number of rotatable bonds is 7. The smallest absolute Gasteiger partial charge is 0.270 e. The van der Waals surface area contributed by atoms with Crippen LogP contribution >= 0.6 is 15.9 Å². The summed E-state index contributed by atoms with van der Waals surface area (Å²) in [6.45, 7) is 3.05. The van der Waals surface area contributed by atoms with Crippen LogP contribution in [0.1, 0.15) is 12.5 Å². The molecule has 1 N–H and O–H groups in total. The monoisotopic (exact) mass is 334 g/mol. The summed E-state index contributed by atoms with van der Waals surface area (Å²) < 4.78 is 11.9. The predicted molar refractivity (Wildman–Crippen MR) is 76.1 cm³/mol. The van der Waals surface area contributed by atoms with Crippen LogP contribution < -0.4 is 5.32 Å². The van der Waals surface area contributed by atoms with Crippen molar-refractivity contribution < 1.29 is 9.13 Å². The van der Waals surface area contributed by atoms with E-state index >= 15 is 0 Å². The lowest BCUT2D eigenvalue weighted by atomic mass is 10.2. The van der Waals surface area contributed by atoms with E-state index in [1.807, 2.05) is 13.0 Å². The van der Waals surface area contributed by atoms with Crippen LogP contribution in [0.5, 0.6) is 0 Å². The van der Waals surface area contributed by atoms with Gasteiger partial charge in [-0.3, -0.25) is 14.3 Å². The van der Waals surface area contributed by atoms with Crippen molar-refractivity contribution in [2.45, 2.75) is 13.5 Å². The third-order valence-corrected chi connectivity index (χ3v) is 4.07. The van der Waals surface area contributed by atoms with Crippen LogP contribution in [0.3, 0.4) is 0 Å². The summed E-state index contributed by atoms with van der Waals surface area (Å²) in [5.74, 6) is 1.26. The first-order valence-corrected chi connectivity index (χ1v) is 7.80. The summed E-state index contributed by atoms with van der Waals surface area (Å²) in [5, 5.41) is 13.8. The molecule has 0 fully saturated rings. The summed E-state index contributed by atoms with van der Waals surface area (Å²) in [5.41, 5.74) is 0.900. The van der Waals surface area contributed by atoms with Gasteiger partial charge in [-0.15, -0.1) is 0 Å². The topological polar surface area (TPSA) is 72.2 Å². The number of hydrogen-bond acceptors (Lipinski definition) is 4. The van der Waals surface area contributed by atoms with Crippen molar-refractivity contribution in [2.24, 2.45) is 0 Å². The molecule has 0 saturated heterocycles. The molecule has 1 aromatic carbocycles. The van der Waals surface area contributed by atoms with E-state index in [0.29, 0.717) is 29.1 Å². The largest absolute Gasteiger partial charge is 0.312 e. The molecule has 7 heteroatoms. The molecule has 0 spiro atoms. The Morgan fingerprint density at radius 2 is 2.17 bits per heavy atom. The van der Waals surface area contributed by atoms with Gasteiger partial charge in [0.2, 0.25) is 0 Å². The Morgan fingerprint density at radius 1 is 1.44 bits per heavy atom. The minimum Gasteiger partial charge on any atom is -0.312 e. The second kappa shape index (κ2) is 7.60. The molecule has 1 aromatic rings. The molecule has 0 aliphatic carbocycles. The van der Waals surface area contributed by atoms with Crippen molar-refractivity contribution in [3.63, 3.8) is 0 Å². The predicted octanol–water partition coefficient (Wildman–Crippen LogP) is 2.22. The number of halogens is 1. The summed E-state index contributed by atoms with van der Waals surface area (Å²) in [6.07, 6.45) is 0. The lowest BCUT2D eigenvalue weighted by Gasteiger charge is -2.05. The maximum Gasteiger partial charge on any atom is 0.270 e. The van der Waals surface area contributed by atoms with Gasteiger partial charge >= 0.3 is 0 Å². The molecule has 0 saturated carbocycles. The molecule has 0 aliphatic rings. The van der Waals surface area contributed by atoms with Crippen LogP contribution in [0, 0.1) is 10.1 Å². The Morgan fingerprint density at radius 3 is 2.78 bits per heavy atom. The quantitative estimate of drug-likeness (QED) is 0.471. The van der Waals surface area contributed by atoms with Crippen molar-refractivity contribution >= 4 is 32.4 Å². The lowest BCUT2D eigenvalue weighted by Crippen LogP contribution is -2.20. The summed E-state index contributed by atoms with van der Waals surface area (Å²) in [7, 11) is -0.781. The molecule has 1 rings (SSSR count). The van der Waals surface area contributed by atoms with E-state index in [2.05, 4.69) is 21.2 Å². The van der Waals surface area contributed by atoms with E-state index in [0.717, 1.165) is 5.56 Å².